The van der Waals surface area contributed by atoms with Crippen LogP contribution >= 0.6 is 11.6 Å². The van der Waals surface area contributed by atoms with Gasteiger partial charge < -0.3 is 15.0 Å². The SMILES string of the molecule is O=C(CCC(=O)N1CCOCC1)NC1CCC(Cc2cc(C(F)(F)F)nc3ccc(Cl)cc23)CC1. The Labute approximate surface area is 207 Å². The first kappa shape index (κ1) is 25.7. The Morgan fingerprint density at radius 3 is 2.49 bits per heavy atom. The van der Waals surface area contributed by atoms with Crippen molar-refractivity contribution in [3.63, 3.8) is 0 Å². The molecule has 35 heavy (non-hydrogen) atoms. The summed E-state index contributed by atoms with van der Waals surface area (Å²) in [5.41, 5.74) is -0.0133. The molecule has 1 saturated carbocycles. The minimum Gasteiger partial charge on any atom is -0.378 e. The lowest BCUT2D eigenvalue weighted by molar-refractivity contribution is -0.141. The van der Waals surface area contributed by atoms with E-state index in [0.717, 1.165) is 31.7 Å². The smallest absolute Gasteiger partial charge is 0.378 e. The summed E-state index contributed by atoms with van der Waals surface area (Å²) in [4.78, 5) is 30.1. The maximum atomic E-state index is 13.4. The number of aromatic nitrogens is 1. The molecule has 190 valence electrons. The van der Waals surface area contributed by atoms with Crippen LogP contribution in [0.3, 0.4) is 0 Å². The van der Waals surface area contributed by atoms with E-state index >= 15 is 0 Å². The quantitative estimate of drug-likeness (QED) is 0.607. The molecule has 1 aliphatic heterocycles. The molecule has 6 nitrogen and oxygen atoms in total. The first-order valence-electron chi connectivity index (χ1n) is 12.0. The van der Waals surface area contributed by atoms with E-state index in [1.54, 1.807) is 17.0 Å². The zero-order chi connectivity index (χ0) is 25.0. The van der Waals surface area contributed by atoms with E-state index in [-0.39, 0.29) is 42.1 Å². The molecule has 1 aliphatic carbocycles. The van der Waals surface area contributed by atoms with Crippen LogP contribution in [0.4, 0.5) is 13.2 Å². The van der Waals surface area contributed by atoms with Gasteiger partial charge in [0, 0.05) is 42.4 Å². The average molecular weight is 512 g/mol. The van der Waals surface area contributed by atoms with Crippen molar-refractivity contribution in [2.45, 2.75) is 57.2 Å². The molecule has 0 spiro atoms. The molecule has 0 atom stereocenters. The molecule has 0 unspecified atom stereocenters. The van der Waals surface area contributed by atoms with Crippen molar-refractivity contribution in [1.82, 2.24) is 15.2 Å². The first-order chi connectivity index (χ1) is 16.7. The predicted molar refractivity (Wildman–Crippen MR) is 126 cm³/mol. The summed E-state index contributed by atoms with van der Waals surface area (Å²) in [5, 5.41) is 4.12. The molecule has 1 saturated heterocycles. The van der Waals surface area contributed by atoms with Gasteiger partial charge in [-0.2, -0.15) is 13.2 Å². The Bertz CT molecular complexity index is 1070. The molecule has 1 aromatic heterocycles. The van der Waals surface area contributed by atoms with Crippen LogP contribution in [0.1, 0.15) is 49.8 Å². The van der Waals surface area contributed by atoms with E-state index in [9.17, 15) is 22.8 Å². The standard InChI is InChI=1S/C25H29ClF3N3O3/c26-18-3-6-21-20(15-18)17(14-22(31-21)25(27,28)29)13-16-1-4-19(5-2-16)30-23(33)7-8-24(34)32-9-11-35-12-10-32/h3,6,14-16,19H,1-2,4-5,7-13H2,(H,30,33). The van der Waals surface area contributed by atoms with Crippen molar-refractivity contribution in [1.29, 1.82) is 0 Å². The van der Waals surface area contributed by atoms with Crippen LogP contribution in [-0.2, 0) is 26.9 Å². The summed E-state index contributed by atoms with van der Waals surface area (Å²) in [6.07, 6.45) is -0.592. The molecule has 2 amide bonds. The van der Waals surface area contributed by atoms with Gasteiger partial charge in [0.25, 0.3) is 0 Å². The van der Waals surface area contributed by atoms with Crippen LogP contribution in [-0.4, -0.2) is 54.0 Å². The lowest BCUT2D eigenvalue weighted by Crippen LogP contribution is -2.42. The van der Waals surface area contributed by atoms with Crippen LogP contribution in [0, 0.1) is 5.92 Å². The second-order valence-electron chi connectivity index (χ2n) is 9.31. The fourth-order valence-electron chi connectivity index (χ4n) is 4.89. The Hall–Kier alpha value is -2.39. The first-order valence-corrected chi connectivity index (χ1v) is 12.4. The van der Waals surface area contributed by atoms with Gasteiger partial charge in [0.05, 0.1) is 18.7 Å². The number of ether oxygens (including phenoxy) is 1. The number of benzene rings is 1. The summed E-state index contributed by atoms with van der Waals surface area (Å²) < 4.78 is 45.4. The number of carbonyl (C=O) groups is 2. The van der Waals surface area contributed by atoms with Crippen molar-refractivity contribution in [3.05, 3.63) is 40.5 Å². The van der Waals surface area contributed by atoms with Gasteiger partial charge in [-0.1, -0.05) is 11.6 Å². The molecule has 1 aromatic carbocycles. The van der Waals surface area contributed by atoms with Gasteiger partial charge >= 0.3 is 6.18 Å². The third-order valence-corrected chi connectivity index (χ3v) is 7.03. The van der Waals surface area contributed by atoms with Gasteiger partial charge in [-0.25, -0.2) is 4.98 Å². The third kappa shape index (κ3) is 6.85. The van der Waals surface area contributed by atoms with Gasteiger partial charge in [-0.15, -0.1) is 0 Å². The van der Waals surface area contributed by atoms with Gasteiger partial charge in [0.2, 0.25) is 11.8 Å². The Morgan fingerprint density at radius 1 is 1.09 bits per heavy atom. The molecule has 2 heterocycles. The average Bonchev–Trinajstić information content (AvgIpc) is 2.84. The summed E-state index contributed by atoms with van der Waals surface area (Å²) in [6, 6.07) is 5.89. The largest absolute Gasteiger partial charge is 0.433 e. The number of alkyl halides is 3. The summed E-state index contributed by atoms with van der Waals surface area (Å²) >= 11 is 6.10. The monoisotopic (exact) mass is 511 g/mol. The molecule has 0 radical (unpaired) electrons. The maximum absolute atomic E-state index is 13.4. The van der Waals surface area contributed by atoms with E-state index in [4.69, 9.17) is 16.3 Å². The van der Waals surface area contributed by atoms with Crippen molar-refractivity contribution in [2.24, 2.45) is 5.92 Å². The number of rotatable bonds is 6. The van der Waals surface area contributed by atoms with Crippen molar-refractivity contribution in [2.75, 3.05) is 26.3 Å². The minimum absolute atomic E-state index is 0.0200. The van der Waals surface area contributed by atoms with Crippen molar-refractivity contribution < 1.29 is 27.5 Å². The highest BCUT2D eigenvalue weighted by molar-refractivity contribution is 6.31. The maximum Gasteiger partial charge on any atom is 0.433 e. The van der Waals surface area contributed by atoms with Gasteiger partial charge in [-0.3, -0.25) is 9.59 Å². The molecular formula is C25H29ClF3N3O3. The highest BCUT2D eigenvalue weighted by atomic mass is 35.5. The lowest BCUT2D eigenvalue weighted by Gasteiger charge is -2.30. The van der Waals surface area contributed by atoms with E-state index in [1.165, 1.54) is 6.07 Å². The molecule has 10 heteroatoms. The van der Waals surface area contributed by atoms with Crippen LogP contribution in [0.2, 0.25) is 5.02 Å². The number of carbonyl (C=O) groups excluding carboxylic acids is 2. The number of amides is 2. The van der Waals surface area contributed by atoms with Crippen molar-refractivity contribution in [3.8, 4) is 0 Å². The van der Waals surface area contributed by atoms with Gasteiger partial charge in [0.15, 0.2) is 0 Å². The van der Waals surface area contributed by atoms with Crippen LogP contribution in [0.5, 0.6) is 0 Å². The van der Waals surface area contributed by atoms with Gasteiger partial charge in [-0.05, 0) is 67.9 Å². The van der Waals surface area contributed by atoms with E-state index < -0.39 is 11.9 Å². The highest BCUT2D eigenvalue weighted by Gasteiger charge is 2.34. The Kier molecular flexibility index (Phi) is 8.16. The molecular weight excluding hydrogens is 483 g/mol. The van der Waals surface area contributed by atoms with Gasteiger partial charge in [0.1, 0.15) is 5.69 Å². The number of hydrogen-bond acceptors (Lipinski definition) is 4. The zero-order valence-electron chi connectivity index (χ0n) is 19.4. The summed E-state index contributed by atoms with van der Waals surface area (Å²) in [7, 11) is 0. The number of morpholine rings is 1. The molecule has 4 rings (SSSR count). The molecule has 2 aliphatic rings. The van der Waals surface area contributed by atoms with Crippen LogP contribution in [0.15, 0.2) is 24.3 Å². The number of pyridine rings is 1. The zero-order valence-corrected chi connectivity index (χ0v) is 20.1. The fraction of sp³-hybridized carbons (Fsp3) is 0.560. The number of fused-ring (bicyclic) bond motifs is 1. The predicted octanol–water partition coefficient (Wildman–Crippen LogP) is 4.76. The Morgan fingerprint density at radius 2 is 1.80 bits per heavy atom. The van der Waals surface area contributed by atoms with Crippen molar-refractivity contribution >= 4 is 34.3 Å². The van der Waals surface area contributed by atoms with E-state index in [0.29, 0.717) is 48.7 Å². The summed E-state index contributed by atoms with van der Waals surface area (Å²) in [5.74, 6) is 0.0337. The summed E-state index contributed by atoms with van der Waals surface area (Å²) in [6.45, 7) is 2.18. The fourth-order valence-corrected chi connectivity index (χ4v) is 5.07. The molecule has 2 fully saturated rings. The topological polar surface area (TPSA) is 71.5 Å². The number of hydrogen-bond donors (Lipinski definition) is 1. The second kappa shape index (κ2) is 11.1. The minimum atomic E-state index is -4.52. The molecule has 2 aromatic rings. The lowest BCUT2D eigenvalue weighted by atomic mass is 9.81. The normalized spacial score (nSPS) is 21.2. The van der Waals surface area contributed by atoms with E-state index in [1.807, 2.05) is 0 Å². The Balaban J connectivity index is 1.30. The number of halogens is 4. The number of nitrogens with one attached hydrogen (secondary N) is 1. The molecule has 1 N–H and O–H groups in total. The van der Waals surface area contributed by atoms with E-state index in [2.05, 4.69) is 10.3 Å². The van der Waals surface area contributed by atoms with Crippen LogP contribution < -0.4 is 5.32 Å². The van der Waals surface area contributed by atoms with Crippen LogP contribution in [0.25, 0.3) is 10.9 Å². The highest BCUT2D eigenvalue weighted by Crippen LogP contribution is 2.35. The number of nitrogens with zero attached hydrogens (tertiary/aromatic N) is 2. The third-order valence-electron chi connectivity index (χ3n) is 6.80. The second-order valence-corrected chi connectivity index (χ2v) is 9.74. The molecule has 0 bridgehead atoms.